The summed E-state index contributed by atoms with van der Waals surface area (Å²) >= 11 is 0. The zero-order chi connectivity index (χ0) is 13.0. The molecule has 4 heteroatoms. The van der Waals surface area contributed by atoms with Gasteiger partial charge in [0, 0.05) is 24.9 Å². The molecule has 1 amide bonds. The number of anilines is 1. The minimum Gasteiger partial charge on any atom is -0.398 e. The molecule has 1 aromatic rings. The number of aliphatic hydroxyl groups excluding tert-OH is 1. The van der Waals surface area contributed by atoms with Crippen molar-refractivity contribution in [1.29, 1.82) is 0 Å². The van der Waals surface area contributed by atoms with E-state index >= 15 is 0 Å². The van der Waals surface area contributed by atoms with Crippen LogP contribution in [-0.4, -0.2) is 35.1 Å². The first kappa shape index (κ1) is 12.9. The van der Waals surface area contributed by atoms with E-state index in [1.807, 2.05) is 17.0 Å². The Morgan fingerprint density at radius 3 is 2.94 bits per heavy atom. The molecule has 0 aliphatic carbocycles. The maximum atomic E-state index is 12.4. The Labute approximate surface area is 107 Å². The third kappa shape index (κ3) is 2.64. The monoisotopic (exact) mass is 248 g/mol. The van der Waals surface area contributed by atoms with E-state index in [2.05, 4.69) is 0 Å². The Morgan fingerprint density at radius 2 is 2.22 bits per heavy atom. The molecule has 1 unspecified atom stereocenters. The van der Waals surface area contributed by atoms with Gasteiger partial charge in [0.2, 0.25) is 0 Å². The van der Waals surface area contributed by atoms with Crippen molar-refractivity contribution in [2.45, 2.75) is 31.7 Å². The number of rotatable bonds is 4. The number of likely N-dealkylation sites (tertiary alicyclic amines) is 1. The van der Waals surface area contributed by atoms with Crippen molar-refractivity contribution >= 4 is 11.6 Å². The molecule has 0 bridgehead atoms. The van der Waals surface area contributed by atoms with Gasteiger partial charge in [-0.15, -0.1) is 0 Å². The standard InChI is InChI=1S/C14H20N2O2/c15-13-8-2-1-7-12(13)14(18)16-9-3-5-11(16)6-4-10-17/h1-2,7-8,11,17H,3-6,9-10,15H2. The van der Waals surface area contributed by atoms with E-state index in [1.54, 1.807) is 12.1 Å². The lowest BCUT2D eigenvalue weighted by Crippen LogP contribution is -2.36. The molecule has 1 fully saturated rings. The SMILES string of the molecule is Nc1ccccc1C(=O)N1CCCC1CCCO. The second-order valence-corrected chi connectivity index (χ2v) is 4.75. The Hall–Kier alpha value is -1.55. The summed E-state index contributed by atoms with van der Waals surface area (Å²) in [4.78, 5) is 14.3. The molecule has 0 aromatic heterocycles. The number of hydrogen-bond donors (Lipinski definition) is 2. The van der Waals surface area contributed by atoms with Crippen LogP contribution in [0.4, 0.5) is 5.69 Å². The molecule has 0 radical (unpaired) electrons. The summed E-state index contributed by atoms with van der Waals surface area (Å²) in [5, 5.41) is 8.89. The number of nitrogens with zero attached hydrogens (tertiary/aromatic N) is 1. The van der Waals surface area contributed by atoms with Crippen LogP contribution >= 0.6 is 0 Å². The van der Waals surface area contributed by atoms with Crippen LogP contribution in [-0.2, 0) is 0 Å². The molecular formula is C14H20N2O2. The van der Waals surface area contributed by atoms with Crippen molar-refractivity contribution in [3.05, 3.63) is 29.8 Å². The maximum absolute atomic E-state index is 12.4. The van der Waals surface area contributed by atoms with Crippen LogP contribution in [0, 0.1) is 0 Å². The fourth-order valence-electron chi connectivity index (χ4n) is 2.58. The van der Waals surface area contributed by atoms with Gasteiger partial charge in [-0.1, -0.05) is 12.1 Å². The van der Waals surface area contributed by atoms with Gasteiger partial charge >= 0.3 is 0 Å². The van der Waals surface area contributed by atoms with Gasteiger partial charge in [0.25, 0.3) is 5.91 Å². The first-order valence-corrected chi connectivity index (χ1v) is 6.50. The Bertz CT molecular complexity index is 420. The first-order chi connectivity index (χ1) is 8.74. The molecule has 0 spiro atoms. The third-order valence-electron chi connectivity index (χ3n) is 3.52. The number of nitrogens with two attached hydrogens (primary N) is 1. The highest BCUT2D eigenvalue weighted by Gasteiger charge is 2.29. The number of para-hydroxylation sites is 1. The molecule has 98 valence electrons. The van der Waals surface area contributed by atoms with Gasteiger partial charge in [-0.3, -0.25) is 4.79 Å². The van der Waals surface area contributed by atoms with Crippen molar-refractivity contribution in [2.24, 2.45) is 0 Å². The number of hydrogen-bond acceptors (Lipinski definition) is 3. The van der Waals surface area contributed by atoms with E-state index in [9.17, 15) is 4.79 Å². The van der Waals surface area contributed by atoms with Crippen LogP contribution in [0.3, 0.4) is 0 Å². The lowest BCUT2D eigenvalue weighted by Gasteiger charge is -2.25. The predicted octanol–water partition coefficient (Wildman–Crippen LogP) is 1.65. The summed E-state index contributed by atoms with van der Waals surface area (Å²) in [6.45, 7) is 0.981. The Kier molecular flexibility index (Phi) is 4.20. The van der Waals surface area contributed by atoms with E-state index in [1.165, 1.54) is 0 Å². The fraction of sp³-hybridized carbons (Fsp3) is 0.500. The summed E-state index contributed by atoms with van der Waals surface area (Å²) < 4.78 is 0. The minimum absolute atomic E-state index is 0.0218. The fourth-order valence-corrected chi connectivity index (χ4v) is 2.58. The number of aliphatic hydroxyl groups is 1. The molecule has 2 rings (SSSR count). The van der Waals surface area contributed by atoms with Gasteiger partial charge in [0.1, 0.15) is 0 Å². The minimum atomic E-state index is 0.0218. The van der Waals surface area contributed by atoms with Gasteiger partial charge in [-0.05, 0) is 37.8 Å². The molecular weight excluding hydrogens is 228 g/mol. The average Bonchev–Trinajstić information content (AvgIpc) is 2.84. The molecule has 1 aromatic carbocycles. The normalized spacial score (nSPS) is 19.2. The quantitative estimate of drug-likeness (QED) is 0.796. The number of carbonyl (C=O) groups excluding carboxylic acids is 1. The number of benzene rings is 1. The average molecular weight is 248 g/mol. The van der Waals surface area contributed by atoms with E-state index < -0.39 is 0 Å². The highest BCUT2D eigenvalue weighted by molar-refractivity contribution is 5.99. The Balaban J connectivity index is 2.10. The molecule has 1 aliphatic rings. The van der Waals surface area contributed by atoms with Crippen LogP contribution in [0.1, 0.15) is 36.0 Å². The van der Waals surface area contributed by atoms with Gasteiger partial charge in [-0.2, -0.15) is 0 Å². The van der Waals surface area contributed by atoms with E-state index in [4.69, 9.17) is 10.8 Å². The number of amides is 1. The zero-order valence-electron chi connectivity index (χ0n) is 10.5. The second kappa shape index (κ2) is 5.87. The van der Waals surface area contributed by atoms with Gasteiger partial charge in [-0.25, -0.2) is 0 Å². The van der Waals surface area contributed by atoms with Crippen LogP contribution in [0.2, 0.25) is 0 Å². The molecule has 3 N–H and O–H groups in total. The summed E-state index contributed by atoms with van der Waals surface area (Å²) in [5.41, 5.74) is 6.98. The van der Waals surface area contributed by atoms with Crippen LogP contribution < -0.4 is 5.73 Å². The van der Waals surface area contributed by atoms with Crippen molar-refractivity contribution in [1.82, 2.24) is 4.90 Å². The highest BCUT2D eigenvalue weighted by atomic mass is 16.3. The van der Waals surface area contributed by atoms with E-state index in [-0.39, 0.29) is 18.6 Å². The van der Waals surface area contributed by atoms with Crippen LogP contribution in [0.25, 0.3) is 0 Å². The smallest absolute Gasteiger partial charge is 0.256 e. The summed E-state index contributed by atoms with van der Waals surface area (Å²) in [6, 6.07) is 7.46. The number of nitrogen functional groups attached to an aromatic ring is 1. The Morgan fingerprint density at radius 1 is 1.44 bits per heavy atom. The molecule has 18 heavy (non-hydrogen) atoms. The van der Waals surface area contributed by atoms with Crippen molar-refractivity contribution in [2.75, 3.05) is 18.9 Å². The van der Waals surface area contributed by atoms with Crippen molar-refractivity contribution < 1.29 is 9.90 Å². The van der Waals surface area contributed by atoms with E-state index in [0.717, 1.165) is 32.2 Å². The van der Waals surface area contributed by atoms with Gasteiger partial charge in [0.15, 0.2) is 0 Å². The van der Waals surface area contributed by atoms with E-state index in [0.29, 0.717) is 11.3 Å². The zero-order valence-corrected chi connectivity index (χ0v) is 10.5. The first-order valence-electron chi connectivity index (χ1n) is 6.50. The summed E-state index contributed by atoms with van der Waals surface area (Å²) in [5.74, 6) is 0.0218. The molecule has 1 saturated heterocycles. The summed E-state index contributed by atoms with van der Waals surface area (Å²) in [6.07, 6.45) is 3.68. The lowest BCUT2D eigenvalue weighted by molar-refractivity contribution is 0.0725. The van der Waals surface area contributed by atoms with Crippen LogP contribution in [0.15, 0.2) is 24.3 Å². The second-order valence-electron chi connectivity index (χ2n) is 4.75. The summed E-state index contributed by atoms with van der Waals surface area (Å²) in [7, 11) is 0. The topological polar surface area (TPSA) is 66.6 Å². The van der Waals surface area contributed by atoms with Gasteiger partial charge in [0.05, 0.1) is 5.56 Å². The van der Waals surface area contributed by atoms with Crippen molar-refractivity contribution in [3.63, 3.8) is 0 Å². The molecule has 4 nitrogen and oxygen atoms in total. The highest BCUT2D eigenvalue weighted by Crippen LogP contribution is 2.25. The maximum Gasteiger partial charge on any atom is 0.256 e. The third-order valence-corrected chi connectivity index (χ3v) is 3.52. The van der Waals surface area contributed by atoms with Crippen LogP contribution in [0.5, 0.6) is 0 Å². The number of carbonyl (C=O) groups is 1. The molecule has 1 heterocycles. The molecule has 1 atom stereocenters. The predicted molar refractivity (Wildman–Crippen MR) is 71.2 cm³/mol. The molecule has 1 aliphatic heterocycles. The lowest BCUT2D eigenvalue weighted by atomic mass is 10.1. The van der Waals surface area contributed by atoms with Gasteiger partial charge < -0.3 is 15.7 Å². The molecule has 0 saturated carbocycles. The largest absolute Gasteiger partial charge is 0.398 e. The van der Waals surface area contributed by atoms with Crippen molar-refractivity contribution in [3.8, 4) is 0 Å².